The van der Waals surface area contributed by atoms with Crippen molar-refractivity contribution >= 4 is 28.2 Å². The lowest BCUT2D eigenvalue weighted by Crippen LogP contribution is -2.45. The van der Waals surface area contributed by atoms with Gasteiger partial charge in [0, 0.05) is 35.0 Å². The van der Waals surface area contributed by atoms with E-state index in [0.29, 0.717) is 29.1 Å². The maximum Gasteiger partial charge on any atom is 0.264 e. The van der Waals surface area contributed by atoms with Crippen LogP contribution in [0.5, 0.6) is 0 Å². The van der Waals surface area contributed by atoms with Crippen LogP contribution in [-0.4, -0.2) is 35.1 Å². The lowest BCUT2D eigenvalue weighted by molar-refractivity contribution is 0.0714. The number of benzene rings is 2. The molecule has 0 saturated carbocycles. The summed E-state index contributed by atoms with van der Waals surface area (Å²) in [6.45, 7) is 1.20. The minimum Gasteiger partial charge on any atom is -0.356 e. The van der Waals surface area contributed by atoms with Gasteiger partial charge in [0.05, 0.1) is 16.6 Å². The number of likely N-dealkylation sites (tertiary alicyclic amines) is 1. The van der Waals surface area contributed by atoms with Gasteiger partial charge in [-0.15, -0.1) is 11.3 Å². The molecular formula is C24H19FN4O2S. The van der Waals surface area contributed by atoms with Crippen LogP contribution in [0.4, 0.5) is 4.39 Å². The molecule has 1 saturated heterocycles. The molecule has 3 heterocycles. The molecule has 0 bridgehead atoms. The number of piperidine rings is 1. The number of nitrogens with two attached hydrogens (primary N) is 1. The summed E-state index contributed by atoms with van der Waals surface area (Å²) in [6, 6.07) is 13.8. The summed E-state index contributed by atoms with van der Waals surface area (Å²) >= 11 is 1.37. The van der Waals surface area contributed by atoms with E-state index in [0.717, 1.165) is 34.2 Å². The van der Waals surface area contributed by atoms with Gasteiger partial charge >= 0.3 is 0 Å². The third-order valence-electron chi connectivity index (χ3n) is 5.70. The molecule has 0 aliphatic carbocycles. The molecule has 1 fully saturated rings. The standard InChI is InChI=1S/C24H19FN4O2S/c25-20-9-14(3-4-16(20)11-26)19-10-22(24(30)29-7-1-2-18(27)13-29)32-23(19)15-5-6-21-17(8-15)12-28-31-21/h3-6,8-10,12,18H,1-2,7,13,27H2/t18-/m1/s1. The van der Waals surface area contributed by atoms with Crippen LogP contribution >= 0.6 is 11.3 Å². The van der Waals surface area contributed by atoms with Gasteiger partial charge in [0.2, 0.25) is 0 Å². The van der Waals surface area contributed by atoms with Crippen LogP contribution in [0, 0.1) is 17.1 Å². The molecule has 1 atom stereocenters. The van der Waals surface area contributed by atoms with Gasteiger partial charge in [0.25, 0.3) is 5.91 Å². The summed E-state index contributed by atoms with van der Waals surface area (Å²) in [5.74, 6) is -0.663. The molecular weight excluding hydrogens is 427 g/mol. The number of nitriles is 1. The van der Waals surface area contributed by atoms with Crippen LogP contribution in [0.2, 0.25) is 0 Å². The number of fused-ring (bicyclic) bond motifs is 1. The number of hydrogen-bond donors (Lipinski definition) is 1. The van der Waals surface area contributed by atoms with Crippen molar-refractivity contribution in [3.05, 3.63) is 64.9 Å². The molecule has 5 rings (SSSR count). The Kier molecular flexibility index (Phi) is 5.21. The second-order valence-electron chi connectivity index (χ2n) is 7.89. The zero-order valence-electron chi connectivity index (χ0n) is 17.0. The van der Waals surface area contributed by atoms with Crippen LogP contribution in [0.1, 0.15) is 28.1 Å². The monoisotopic (exact) mass is 446 g/mol. The molecule has 8 heteroatoms. The van der Waals surface area contributed by atoms with Crippen LogP contribution < -0.4 is 5.73 Å². The number of nitrogens with zero attached hydrogens (tertiary/aromatic N) is 3. The zero-order chi connectivity index (χ0) is 22.2. The van der Waals surface area contributed by atoms with Gasteiger partial charge in [-0.1, -0.05) is 11.2 Å². The molecule has 1 amide bonds. The number of rotatable bonds is 3. The SMILES string of the molecule is N#Cc1ccc(-c2cc(C(=O)N3CCC[C@@H](N)C3)sc2-c2ccc3oncc3c2)cc1F. The molecule has 4 aromatic rings. The van der Waals surface area contributed by atoms with Gasteiger partial charge < -0.3 is 15.2 Å². The average Bonchev–Trinajstić information content (AvgIpc) is 3.45. The molecule has 2 aromatic heterocycles. The number of halogens is 1. The largest absolute Gasteiger partial charge is 0.356 e. The molecule has 2 N–H and O–H groups in total. The van der Waals surface area contributed by atoms with Crippen molar-refractivity contribution < 1.29 is 13.7 Å². The second-order valence-corrected chi connectivity index (χ2v) is 8.94. The Balaban J connectivity index is 1.62. The highest BCUT2D eigenvalue weighted by atomic mass is 32.1. The van der Waals surface area contributed by atoms with E-state index in [1.54, 1.807) is 23.2 Å². The Morgan fingerprint density at radius 2 is 2.09 bits per heavy atom. The minimum atomic E-state index is -0.591. The Hall–Kier alpha value is -3.54. The molecule has 1 aliphatic heterocycles. The van der Waals surface area contributed by atoms with E-state index >= 15 is 0 Å². The number of carbonyl (C=O) groups is 1. The third kappa shape index (κ3) is 3.66. The average molecular weight is 447 g/mol. The molecule has 1 aliphatic rings. The van der Waals surface area contributed by atoms with Gasteiger partial charge in [-0.3, -0.25) is 4.79 Å². The smallest absolute Gasteiger partial charge is 0.264 e. The van der Waals surface area contributed by atoms with Gasteiger partial charge in [0.15, 0.2) is 5.58 Å². The molecule has 2 aromatic carbocycles. The third-order valence-corrected chi connectivity index (χ3v) is 6.88. The normalized spacial score (nSPS) is 16.3. The maximum absolute atomic E-state index is 14.4. The molecule has 6 nitrogen and oxygen atoms in total. The summed E-state index contributed by atoms with van der Waals surface area (Å²) in [5.41, 5.74) is 8.93. The van der Waals surface area contributed by atoms with E-state index in [2.05, 4.69) is 5.16 Å². The van der Waals surface area contributed by atoms with Crippen molar-refractivity contribution in [3.8, 4) is 27.6 Å². The molecule has 32 heavy (non-hydrogen) atoms. The van der Waals surface area contributed by atoms with Gasteiger partial charge in [-0.25, -0.2) is 4.39 Å². The zero-order valence-corrected chi connectivity index (χ0v) is 17.9. The van der Waals surface area contributed by atoms with Crippen LogP contribution in [-0.2, 0) is 0 Å². The number of aromatic nitrogens is 1. The van der Waals surface area contributed by atoms with Crippen LogP contribution in [0.15, 0.2) is 53.2 Å². The highest BCUT2D eigenvalue weighted by Gasteiger charge is 2.26. The van der Waals surface area contributed by atoms with Crippen molar-refractivity contribution in [2.24, 2.45) is 5.73 Å². The van der Waals surface area contributed by atoms with Crippen LogP contribution in [0.3, 0.4) is 0 Å². The van der Waals surface area contributed by atoms with E-state index in [-0.39, 0.29) is 17.5 Å². The van der Waals surface area contributed by atoms with Crippen LogP contribution in [0.25, 0.3) is 32.5 Å². The van der Waals surface area contributed by atoms with Crippen molar-refractivity contribution in [2.75, 3.05) is 13.1 Å². The molecule has 160 valence electrons. The van der Waals surface area contributed by atoms with Gasteiger partial charge in [0.1, 0.15) is 11.9 Å². The number of hydrogen-bond acceptors (Lipinski definition) is 6. The maximum atomic E-state index is 14.4. The number of thiophene rings is 1. The Labute approximate surface area is 187 Å². The number of carbonyl (C=O) groups excluding carboxylic acids is 1. The fourth-order valence-corrected chi connectivity index (χ4v) is 5.21. The van der Waals surface area contributed by atoms with Crippen molar-refractivity contribution in [2.45, 2.75) is 18.9 Å². The molecule has 0 radical (unpaired) electrons. The summed E-state index contributed by atoms with van der Waals surface area (Å²) in [4.78, 5) is 16.4. The first-order valence-corrected chi connectivity index (χ1v) is 11.1. The quantitative estimate of drug-likeness (QED) is 0.488. The lowest BCUT2D eigenvalue weighted by atomic mass is 10.00. The predicted octanol–water partition coefficient (Wildman–Crippen LogP) is 4.80. The Bertz CT molecular complexity index is 1370. The summed E-state index contributed by atoms with van der Waals surface area (Å²) in [7, 11) is 0. The van der Waals surface area contributed by atoms with E-state index in [9.17, 15) is 9.18 Å². The van der Waals surface area contributed by atoms with E-state index in [1.165, 1.54) is 23.5 Å². The first-order valence-electron chi connectivity index (χ1n) is 10.3. The van der Waals surface area contributed by atoms with E-state index in [1.807, 2.05) is 24.3 Å². The summed E-state index contributed by atoms with van der Waals surface area (Å²) < 4.78 is 19.6. The molecule has 0 spiro atoms. The summed E-state index contributed by atoms with van der Waals surface area (Å²) in [5, 5.41) is 13.7. The molecule has 0 unspecified atom stereocenters. The van der Waals surface area contributed by atoms with Gasteiger partial charge in [-0.2, -0.15) is 5.26 Å². The minimum absolute atomic E-state index is 0.0183. The number of amides is 1. The Morgan fingerprint density at radius 1 is 1.25 bits per heavy atom. The topological polar surface area (TPSA) is 96.2 Å². The fourth-order valence-electron chi connectivity index (χ4n) is 4.06. The Morgan fingerprint density at radius 3 is 2.88 bits per heavy atom. The van der Waals surface area contributed by atoms with Crippen molar-refractivity contribution in [3.63, 3.8) is 0 Å². The fraction of sp³-hybridized carbons (Fsp3) is 0.208. The van der Waals surface area contributed by atoms with Crippen molar-refractivity contribution in [1.29, 1.82) is 5.26 Å². The predicted molar refractivity (Wildman–Crippen MR) is 121 cm³/mol. The highest BCUT2D eigenvalue weighted by molar-refractivity contribution is 7.18. The first kappa shape index (κ1) is 20.4. The first-order chi connectivity index (χ1) is 15.5. The van der Waals surface area contributed by atoms with E-state index < -0.39 is 5.82 Å². The second kappa shape index (κ2) is 8.19. The highest BCUT2D eigenvalue weighted by Crippen LogP contribution is 2.41. The van der Waals surface area contributed by atoms with Crippen molar-refractivity contribution in [1.82, 2.24) is 10.1 Å². The van der Waals surface area contributed by atoms with Gasteiger partial charge in [-0.05, 0) is 60.4 Å². The summed E-state index contributed by atoms with van der Waals surface area (Å²) in [6.07, 6.45) is 3.42. The van der Waals surface area contributed by atoms with E-state index in [4.69, 9.17) is 15.5 Å². The lowest BCUT2D eigenvalue weighted by Gasteiger charge is -2.30.